The predicted molar refractivity (Wildman–Crippen MR) is 212 cm³/mol. The second-order valence-electron chi connectivity index (χ2n) is 14.9. The lowest BCUT2D eigenvalue weighted by atomic mass is 9.91. The van der Waals surface area contributed by atoms with Crippen molar-refractivity contribution >= 4 is 40.6 Å². The van der Waals surface area contributed by atoms with Crippen LogP contribution in [0.1, 0.15) is 49.3 Å². The van der Waals surface area contributed by atoms with Crippen LogP contribution in [0.2, 0.25) is 0 Å². The molecule has 3 aromatic carbocycles. The van der Waals surface area contributed by atoms with Crippen LogP contribution < -0.4 is 25.6 Å². The highest BCUT2D eigenvalue weighted by atomic mass is 19.4. The van der Waals surface area contributed by atoms with Crippen molar-refractivity contribution in [1.82, 2.24) is 29.7 Å². The summed E-state index contributed by atoms with van der Waals surface area (Å²) < 4.78 is 84.1. The topological polar surface area (TPSA) is 170 Å². The Hall–Kier alpha value is -6.15. The quantitative estimate of drug-likeness (QED) is 0.0860. The van der Waals surface area contributed by atoms with E-state index in [1.807, 2.05) is 65.6 Å². The van der Waals surface area contributed by atoms with Crippen LogP contribution in [0.25, 0.3) is 11.2 Å². The molecule has 3 heterocycles. The van der Waals surface area contributed by atoms with E-state index in [4.69, 9.17) is 9.97 Å². The monoisotopic (exact) mass is 855 g/mol. The Morgan fingerprint density at radius 1 is 0.918 bits per heavy atom. The van der Waals surface area contributed by atoms with Gasteiger partial charge >= 0.3 is 24.5 Å². The van der Waals surface area contributed by atoms with Crippen molar-refractivity contribution in [2.24, 2.45) is 0 Å². The van der Waals surface area contributed by atoms with Crippen molar-refractivity contribution in [3.63, 3.8) is 0 Å². The van der Waals surface area contributed by atoms with Crippen LogP contribution in [0.3, 0.4) is 0 Å². The molecule has 1 aliphatic heterocycles. The molecule has 1 aliphatic carbocycles. The first-order chi connectivity index (χ1) is 29.1. The van der Waals surface area contributed by atoms with Crippen LogP contribution in [0, 0.1) is 0 Å². The van der Waals surface area contributed by atoms with E-state index in [0.717, 1.165) is 23.3 Å². The van der Waals surface area contributed by atoms with Crippen LogP contribution in [-0.4, -0.2) is 110 Å². The summed E-state index contributed by atoms with van der Waals surface area (Å²) in [5.41, 5.74) is 2.76. The van der Waals surface area contributed by atoms with Gasteiger partial charge in [-0.2, -0.15) is 23.1 Å². The molecule has 3 amide bonds. The fourth-order valence-electron chi connectivity index (χ4n) is 7.96. The lowest BCUT2D eigenvalue weighted by molar-refractivity contribution is -0.274. The number of hydrogen-bond acceptors (Lipinski definition) is 10. The number of benzene rings is 3. The van der Waals surface area contributed by atoms with Gasteiger partial charge in [-0.15, -0.1) is 13.2 Å². The number of aromatic nitrogens is 4. The van der Waals surface area contributed by atoms with Gasteiger partial charge in [0.2, 0.25) is 5.95 Å². The highest BCUT2D eigenvalue weighted by molar-refractivity contribution is 5.89. The first-order valence-electron chi connectivity index (χ1n) is 19.6. The molecule has 7 rings (SSSR count). The number of nitrogens with zero attached hydrogens (tertiary/aromatic N) is 6. The van der Waals surface area contributed by atoms with Crippen LogP contribution >= 0.6 is 0 Å². The van der Waals surface area contributed by atoms with Gasteiger partial charge in [-0.05, 0) is 54.7 Å². The zero-order chi connectivity index (χ0) is 43.5. The number of rotatable bonds is 13. The van der Waals surface area contributed by atoms with E-state index in [-0.39, 0.29) is 54.6 Å². The molecular formula is C41H43F6N9O5. The average Bonchev–Trinajstić information content (AvgIpc) is 3.95. The summed E-state index contributed by atoms with van der Waals surface area (Å²) in [6.07, 6.45) is -11.6. The maximum atomic E-state index is 13.7. The average molecular weight is 856 g/mol. The number of hydrogen-bond donors (Lipinski definition) is 5. The zero-order valence-corrected chi connectivity index (χ0v) is 32.6. The number of amides is 3. The van der Waals surface area contributed by atoms with Gasteiger partial charge in [0, 0.05) is 43.8 Å². The Morgan fingerprint density at radius 3 is 2.18 bits per heavy atom. The lowest BCUT2D eigenvalue weighted by Crippen LogP contribution is -2.51. The SMILES string of the molecule is CCCN(C(=O)C(F)(F)F)[C@H]1C[C@@H](n2cnc3c(NCC(c4ccccc4)c4ccccc4)nc(N4CC[C@@H](NC(=O)Nc5ccc(OC(F)(F)F)cc5)C4)nc32)[C@H](O)[C@@H]1O. The second-order valence-corrected chi connectivity index (χ2v) is 14.9. The zero-order valence-electron chi connectivity index (χ0n) is 32.6. The Bertz CT molecular complexity index is 2240. The lowest BCUT2D eigenvalue weighted by Gasteiger charge is -2.31. The van der Waals surface area contributed by atoms with Gasteiger partial charge in [0.1, 0.15) is 18.0 Å². The molecule has 5 aromatic rings. The molecule has 5 N–H and O–H groups in total. The number of imidazole rings is 1. The van der Waals surface area contributed by atoms with Crippen LogP contribution in [-0.2, 0) is 4.79 Å². The molecule has 0 radical (unpaired) electrons. The number of anilines is 3. The number of nitrogens with one attached hydrogen (secondary N) is 3. The van der Waals surface area contributed by atoms with E-state index in [9.17, 15) is 46.1 Å². The maximum absolute atomic E-state index is 13.7. The fourth-order valence-corrected chi connectivity index (χ4v) is 7.96. The van der Waals surface area contributed by atoms with Gasteiger partial charge in [-0.1, -0.05) is 67.6 Å². The Labute approximate surface area is 345 Å². The Morgan fingerprint density at radius 2 is 1.57 bits per heavy atom. The van der Waals surface area contributed by atoms with E-state index in [0.29, 0.717) is 30.2 Å². The highest BCUT2D eigenvalue weighted by Gasteiger charge is 2.52. The van der Waals surface area contributed by atoms with E-state index < -0.39 is 60.6 Å². The molecule has 14 nitrogen and oxygen atoms in total. The maximum Gasteiger partial charge on any atom is 0.573 e. The summed E-state index contributed by atoms with van der Waals surface area (Å²) in [4.78, 5) is 42.1. The summed E-state index contributed by atoms with van der Waals surface area (Å²) in [6, 6.07) is 20.9. The highest BCUT2D eigenvalue weighted by Crippen LogP contribution is 2.39. The molecule has 324 valence electrons. The smallest absolute Gasteiger partial charge is 0.406 e. The number of urea groups is 1. The van der Waals surface area contributed by atoms with Gasteiger partial charge in [0.05, 0.1) is 18.4 Å². The second kappa shape index (κ2) is 17.8. The number of fused-ring (bicyclic) bond motifs is 1. The number of aliphatic hydroxyl groups is 2. The third-order valence-electron chi connectivity index (χ3n) is 10.8. The largest absolute Gasteiger partial charge is 0.573 e. The normalized spacial score (nSPS) is 20.6. The van der Waals surface area contributed by atoms with Crippen LogP contribution in [0.5, 0.6) is 5.75 Å². The first-order valence-corrected chi connectivity index (χ1v) is 19.6. The number of halogens is 6. The van der Waals surface area contributed by atoms with Crippen molar-refractivity contribution < 1.29 is 50.9 Å². The summed E-state index contributed by atoms with van der Waals surface area (Å²) in [5, 5.41) is 31.3. The summed E-state index contributed by atoms with van der Waals surface area (Å²) in [5.74, 6) is -2.17. The molecule has 0 spiro atoms. The van der Waals surface area contributed by atoms with E-state index >= 15 is 0 Å². The van der Waals surface area contributed by atoms with Gasteiger partial charge in [-0.3, -0.25) is 4.79 Å². The molecule has 61 heavy (non-hydrogen) atoms. The van der Waals surface area contributed by atoms with Crippen LogP contribution in [0.4, 0.5) is 48.6 Å². The van der Waals surface area contributed by atoms with E-state index in [1.165, 1.54) is 23.0 Å². The van der Waals surface area contributed by atoms with Gasteiger partial charge in [0.15, 0.2) is 17.0 Å². The first kappa shape index (κ1) is 43.0. The minimum atomic E-state index is -5.19. The van der Waals surface area contributed by atoms with Gasteiger partial charge in [0.25, 0.3) is 0 Å². The minimum Gasteiger partial charge on any atom is -0.406 e. The molecule has 1 saturated heterocycles. The van der Waals surface area contributed by atoms with Gasteiger partial charge in [-0.25, -0.2) is 9.78 Å². The standard InChI is InChI=1S/C41H43F6N9O5/c1-2-18-55(37(59)40(42,43)44)30-20-31(34(58)33(30)57)56-23-49-32-35(48-21-29(24-9-5-3-6-10-24)25-11-7-4-8-12-25)52-38(53-36(32)56)54-19-17-27(22-54)51-39(60)50-26-13-15-28(16-14-26)61-41(45,46)47/h3-16,23,27,29-31,33-34,57-58H,2,17-22H2,1H3,(H,48,52,53)(H2,50,51,60)/t27-,30+,31-,33-,34+/m1/s1. The molecule has 20 heteroatoms. The summed E-state index contributed by atoms with van der Waals surface area (Å²) in [7, 11) is 0. The third kappa shape index (κ3) is 9.91. The number of ether oxygens (including phenoxy) is 1. The number of carbonyl (C=O) groups is 2. The van der Waals surface area contributed by atoms with E-state index in [2.05, 4.69) is 25.7 Å². The van der Waals surface area contributed by atoms with Crippen molar-refractivity contribution in [3.05, 3.63) is 102 Å². The molecule has 2 fully saturated rings. The van der Waals surface area contributed by atoms with Crippen LogP contribution in [0.15, 0.2) is 91.3 Å². The molecule has 2 aliphatic rings. The van der Waals surface area contributed by atoms with E-state index in [1.54, 1.807) is 6.92 Å². The summed E-state index contributed by atoms with van der Waals surface area (Å²) in [6.45, 7) is 2.27. The Balaban J connectivity index is 1.16. The summed E-state index contributed by atoms with van der Waals surface area (Å²) >= 11 is 0. The molecule has 1 saturated carbocycles. The Kier molecular flexibility index (Phi) is 12.6. The van der Waals surface area contributed by atoms with Crippen molar-refractivity contribution in [3.8, 4) is 5.75 Å². The van der Waals surface area contributed by atoms with Gasteiger partial charge < -0.3 is 45.3 Å². The minimum absolute atomic E-state index is 0.145. The molecular weight excluding hydrogens is 812 g/mol. The fraction of sp³-hybridized carbons (Fsp3) is 0.390. The number of carbonyl (C=O) groups excluding carboxylic acids is 2. The molecule has 0 unspecified atom stereocenters. The van der Waals surface area contributed by atoms with Crippen molar-refractivity contribution in [2.75, 3.05) is 41.7 Å². The number of alkyl halides is 6. The third-order valence-corrected chi connectivity index (χ3v) is 10.8. The predicted octanol–water partition coefficient (Wildman–Crippen LogP) is 6.21. The van der Waals surface area contributed by atoms with Crippen molar-refractivity contribution in [1.29, 1.82) is 0 Å². The molecule has 0 bridgehead atoms. The van der Waals surface area contributed by atoms with Crippen molar-refractivity contribution in [2.45, 2.75) is 75.0 Å². The molecule has 2 aromatic heterocycles. The molecule has 5 atom stereocenters. The number of aliphatic hydroxyl groups excluding tert-OH is 2.